The summed E-state index contributed by atoms with van der Waals surface area (Å²) in [4.78, 5) is 43.0. The second kappa shape index (κ2) is 9.57. The molecule has 2 aromatic rings. The van der Waals surface area contributed by atoms with Crippen molar-refractivity contribution < 1.29 is 9.59 Å². The summed E-state index contributed by atoms with van der Waals surface area (Å²) in [5, 5.41) is 6.35. The van der Waals surface area contributed by atoms with Crippen LogP contribution in [0.4, 0.5) is 5.69 Å². The van der Waals surface area contributed by atoms with Gasteiger partial charge in [-0.2, -0.15) is 0 Å². The van der Waals surface area contributed by atoms with E-state index in [1.807, 2.05) is 6.26 Å². The fourth-order valence-corrected chi connectivity index (χ4v) is 3.02. The molecule has 0 radical (unpaired) electrons. The molecule has 27 heavy (non-hydrogen) atoms. The average Bonchev–Trinajstić information content (AvgIpc) is 2.63. The van der Waals surface area contributed by atoms with Crippen molar-refractivity contribution in [2.75, 3.05) is 18.1 Å². The molecule has 1 heterocycles. The number of carbonyl (C=O) groups is 2. The summed E-state index contributed by atoms with van der Waals surface area (Å²) in [7, 11) is 0. The van der Waals surface area contributed by atoms with E-state index in [4.69, 9.17) is 11.6 Å². The Morgan fingerprint density at radius 1 is 1.26 bits per heavy atom. The first kappa shape index (κ1) is 21.0. The number of aromatic nitrogens is 2. The minimum Gasteiger partial charge on any atom is -0.347 e. The summed E-state index contributed by atoms with van der Waals surface area (Å²) in [6, 6.07) is 5.21. The Balaban J connectivity index is 1.85. The van der Waals surface area contributed by atoms with Crippen LogP contribution in [0.15, 0.2) is 28.2 Å². The first-order valence-corrected chi connectivity index (χ1v) is 9.87. The second-order valence-corrected chi connectivity index (χ2v) is 7.08. The summed E-state index contributed by atoms with van der Waals surface area (Å²) in [6.45, 7) is 3.37. The number of rotatable bonds is 7. The smallest absolute Gasteiger partial charge is 0.254 e. The number of aromatic amines is 1. The lowest BCUT2D eigenvalue weighted by Crippen LogP contribution is -2.33. The average molecular weight is 409 g/mol. The molecular weight excluding hydrogens is 388 g/mol. The van der Waals surface area contributed by atoms with E-state index >= 15 is 0 Å². The quantitative estimate of drug-likeness (QED) is 0.482. The number of aryl methyl sites for hydroxylation is 1. The monoisotopic (exact) mass is 408 g/mol. The van der Waals surface area contributed by atoms with Crippen molar-refractivity contribution >= 4 is 40.9 Å². The van der Waals surface area contributed by atoms with Gasteiger partial charge in [-0.25, -0.2) is 4.98 Å². The van der Waals surface area contributed by atoms with Gasteiger partial charge in [0.15, 0.2) is 5.16 Å². The summed E-state index contributed by atoms with van der Waals surface area (Å²) < 4.78 is 0. The highest BCUT2D eigenvalue weighted by Crippen LogP contribution is 2.22. The maximum Gasteiger partial charge on any atom is 0.254 e. The first-order valence-electron chi connectivity index (χ1n) is 8.27. The highest BCUT2D eigenvalue weighted by atomic mass is 35.5. The number of nitrogens with zero attached hydrogens (tertiary/aromatic N) is 1. The van der Waals surface area contributed by atoms with E-state index in [1.54, 1.807) is 32.0 Å². The van der Waals surface area contributed by atoms with Crippen LogP contribution in [0.3, 0.4) is 0 Å². The fraction of sp³-hybridized carbons (Fsp3) is 0.333. The standard InChI is InChI=1S/C18H21ClN4O3S/c1-10-13(19)5-4-6-14(10)22-16(25)9-20-15(24)8-7-12-11(2)21-18(27-3)23-17(12)26/h4-6H,7-9H2,1-3H3,(H,20,24)(H,22,25)(H,21,23,26). The van der Waals surface area contributed by atoms with Crippen LogP contribution >= 0.6 is 23.4 Å². The zero-order valence-electron chi connectivity index (χ0n) is 15.3. The zero-order valence-corrected chi connectivity index (χ0v) is 16.9. The number of thioether (sulfide) groups is 1. The molecule has 3 N–H and O–H groups in total. The topological polar surface area (TPSA) is 104 Å². The maximum atomic E-state index is 12.0. The number of anilines is 1. The van der Waals surface area contributed by atoms with E-state index in [1.165, 1.54) is 11.8 Å². The predicted octanol–water partition coefficient (Wildman–Crippen LogP) is 2.45. The molecule has 1 aromatic carbocycles. The van der Waals surface area contributed by atoms with E-state index in [0.29, 0.717) is 27.1 Å². The van der Waals surface area contributed by atoms with Crippen molar-refractivity contribution in [1.29, 1.82) is 0 Å². The van der Waals surface area contributed by atoms with Gasteiger partial charge in [0.05, 0.1) is 6.54 Å². The van der Waals surface area contributed by atoms with Gasteiger partial charge in [0.2, 0.25) is 11.8 Å². The fourth-order valence-electron chi connectivity index (χ4n) is 2.42. The lowest BCUT2D eigenvalue weighted by Gasteiger charge is -2.10. The highest BCUT2D eigenvalue weighted by molar-refractivity contribution is 7.98. The minimum absolute atomic E-state index is 0.0910. The lowest BCUT2D eigenvalue weighted by atomic mass is 10.1. The Morgan fingerprint density at radius 2 is 2.00 bits per heavy atom. The zero-order chi connectivity index (χ0) is 20.0. The van der Waals surface area contributed by atoms with Crippen LogP contribution < -0.4 is 16.2 Å². The molecule has 144 valence electrons. The molecule has 0 fully saturated rings. The van der Waals surface area contributed by atoms with E-state index in [0.717, 1.165) is 5.56 Å². The number of benzene rings is 1. The largest absolute Gasteiger partial charge is 0.347 e. The predicted molar refractivity (Wildman–Crippen MR) is 108 cm³/mol. The molecule has 0 aliphatic rings. The van der Waals surface area contributed by atoms with Crippen molar-refractivity contribution in [3.05, 3.63) is 50.4 Å². The van der Waals surface area contributed by atoms with Gasteiger partial charge in [0.25, 0.3) is 5.56 Å². The van der Waals surface area contributed by atoms with E-state index in [9.17, 15) is 14.4 Å². The van der Waals surface area contributed by atoms with Gasteiger partial charge in [-0.1, -0.05) is 29.4 Å². The Morgan fingerprint density at radius 3 is 2.67 bits per heavy atom. The van der Waals surface area contributed by atoms with E-state index in [-0.39, 0.29) is 36.8 Å². The summed E-state index contributed by atoms with van der Waals surface area (Å²) in [5.41, 5.74) is 2.19. The molecule has 9 heteroatoms. The minimum atomic E-state index is -0.353. The molecule has 0 aliphatic heterocycles. The van der Waals surface area contributed by atoms with Crippen LogP contribution in [0.25, 0.3) is 0 Å². The Bertz CT molecular complexity index is 914. The number of nitrogens with one attached hydrogen (secondary N) is 3. The molecule has 0 unspecified atom stereocenters. The van der Waals surface area contributed by atoms with Gasteiger partial charge in [-0.05, 0) is 44.2 Å². The third kappa shape index (κ3) is 5.83. The molecule has 1 aromatic heterocycles. The summed E-state index contributed by atoms with van der Waals surface area (Å²) in [5.74, 6) is -0.672. The third-order valence-electron chi connectivity index (χ3n) is 3.98. The third-order valence-corrected chi connectivity index (χ3v) is 4.97. The van der Waals surface area contributed by atoms with Crippen LogP contribution in [0.2, 0.25) is 5.02 Å². The van der Waals surface area contributed by atoms with E-state index < -0.39 is 0 Å². The number of hydrogen-bond donors (Lipinski definition) is 3. The molecule has 0 saturated heterocycles. The molecular formula is C18H21ClN4O3S. The Hall–Kier alpha value is -2.32. The Kier molecular flexibility index (Phi) is 7.44. The van der Waals surface area contributed by atoms with Crippen LogP contribution in [-0.4, -0.2) is 34.6 Å². The Labute approximate surface area is 166 Å². The normalized spacial score (nSPS) is 10.5. The lowest BCUT2D eigenvalue weighted by molar-refractivity contribution is -0.124. The maximum absolute atomic E-state index is 12.0. The van der Waals surface area contributed by atoms with Gasteiger partial charge in [0.1, 0.15) is 0 Å². The number of hydrogen-bond acceptors (Lipinski definition) is 5. The molecule has 7 nitrogen and oxygen atoms in total. The summed E-state index contributed by atoms with van der Waals surface area (Å²) >= 11 is 7.36. The van der Waals surface area contributed by atoms with Crippen molar-refractivity contribution in [3.63, 3.8) is 0 Å². The van der Waals surface area contributed by atoms with E-state index in [2.05, 4.69) is 20.6 Å². The van der Waals surface area contributed by atoms with Gasteiger partial charge in [-0.15, -0.1) is 0 Å². The number of carbonyl (C=O) groups excluding carboxylic acids is 2. The van der Waals surface area contributed by atoms with Crippen molar-refractivity contribution in [2.24, 2.45) is 0 Å². The van der Waals surface area contributed by atoms with Crippen LogP contribution in [0, 0.1) is 13.8 Å². The molecule has 0 bridgehead atoms. The molecule has 0 atom stereocenters. The van der Waals surface area contributed by atoms with Crippen LogP contribution in [0.5, 0.6) is 0 Å². The van der Waals surface area contributed by atoms with Gasteiger partial charge in [-0.3, -0.25) is 14.4 Å². The highest BCUT2D eigenvalue weighted by Gasteiger charge is 2.12. The number of halogens is 1. The van der Waals surface area contributed by atoms with Gasteiger partial charge in [0, 0.05) is 28.4 Å². The van der Waals surface area contributed by atoms with Crippen LogP contribution in [0.1, 0.15) is 23.2 Å². The number of amides is 2. The molecule has 0 spiro atoms. The molecule has 0 aliphatic carbocycles. The molecule has 0 saturated carbocycles. The van der Waals surface area contributed by atoms with Gasteiger partial charge < -0.3 is 15.6 Å². The van der Waals surface area contributed by atoms with Crippen molar-refractivity contribution in [2.45, 2.75) is 31.8 Å². The second-order valence-electron chi connectivity index (χ2n) is 5.88. The van der Waals surface area contributed by atoms with Crippen LogP contribution in [-0.2, 0) is 16.0 Å². The van der Waals surface area contributed by atoms with Gasteiger partial charge >= 0.3 is 0 Å². The number of H-pyrrole nitrogens is 1. The first-order chi connectivity index (χ1) is 12.8. The summed E-state index contributed by atoms with van der Waals surface area (Å²) in [6.07, 6.45) is 2.16. The molecule has 2 rings (SSSR count). The molecule has 2 amide bonds. The van der Waals surface area contributed by atoms with Crippen molar-refractivity contribution in [1.82, 2.24) is 15.3 Å². The van der Waals surface area contributed by atoms with Crippen molar-refractivity contribution in [3.8, 4) is 0 Å². The SMILES string of the molecule is CSc1nc(C)c(CCC(=O)NCC(=O)Nc2cccc(Cl)c2C)c(=O)[nH]1.